The van der Waals surface area contributed by atoms with Gasteiger partial charge in [-0.2, -0.15) is 0 Å². The molecule has 20 heavy (non-hydrogen) atoms. The average Bonchev–Trinajstić information content (AvgIpc) is 3.19. The Morgan fingerprint density at radius 2 is 2.05 bits per heavy atom. The number of imidazole rings is 1. The number of benzene rings is 1. The van der Waals surface area contributed by atoms with Gasteiger partial charge in [-0.25, -0.2) is 14.4 Å². The van der Waals surface area contributed by atoms with Gasteiger partial charge in [0.15, 0.2) is 5.65 Å². The third-order valence-electron chi connectivity index (χ3n) is 3.58. The van der Waals surface area contributed by atoms with E-state index in [0.29, 0.717) is 11.9 Å². The summed E-state index contributed by atoms with van der Waals surface area (Å²) >= 11 is 0. The molecule has 1 N–H and O–H groups in total. The lowest BCUT2D eigenvalue weighted by atomic mass is 10.1. The minimum atomic E-state index is -0.470. The SMILES string of the molecule is Oc1cccc(F)c1-c1nc2cccnc2n1C1CC1. The Balaban J connectivity index is 2.07. The average molecular weight is 269 g/mol. The monoisotopic (exact) mass is 269 g/mol. The summed E-state index contributed by atoms with van der Waals surface area (Å²) in [6.45, 7) is 0. The molecule has 0 atom stereocenters. The van der Waals surface area contributed by atoms with Crippen LogP contribution in [0.5, 0.6) is 5.75 Å². The smallest absolute Gasteiger partial charge is 0.160 e. The van der Waals surface area contributed by atoms with E-state index < -0.39 is 5.82 Å². The van der Waals surface area contributed by atoms with Crippen molar-refractivity contribution in [2.75, 3.05) is 0 Å². The predicted molar refractivity (Wildman–Crippen MR) is 72.9 cm³/mol. The second-order valence-corrected chi connectivity index (χ2v) is 5.02. The summed E-state index contributed by atoms with van der Waals surface area (Å²) in [5.41, 5.74) is 1.61. The van der Waals surface area contributed by atoms with E-state index in [1.165, 1.54) is 18.2 Å². The van der Waals surface area contributed by atoms with Gasteiger partial charge in [0, 0.05) is 12.2 Å². The lowest BCUT2D eigenvalue weighted by Gasteiger charge is -2.09. The van der Waals surface area contributed by atoms with Gasteiger partial charge in [0.25, 0.3) is 0 Å². The molecule has 2 heterocycles. The first kappa shape index (κ1) is 11.4. The van der Waals surface area contributed by atoms with Crippen LogP contribution in [-0.2, 0) is 0 Å². The zero-order chi connectivity index (χ0) is 13.7. The van der Waals surface area contributed by atoms with Crippen molar-refractivity contribution < 1.29 is 9.50 Å². The Morgan fingerprint density at radius 1 is 1.20 bits per heavy atom. The molecule has 0 unspecified atom stereocenters. The fourth-order valence-electron chi connectivity index (χ4n) is 2.52. The van der Waals surface area contributed by atoms with Gasteiger partial charge in [0.1, 0.15) is 22.9 Å². The van der Waals surface area contributed by atoms with Crippen LogP contribution in [0.15, 0.2) is 36.5 Å². The fraction of sp³-hybridized carbons (Fsp3) is 0.200. The summed E-state index contributed by atoms with van der Waals surface area (Å²) in [5.74, 6) is -0.110. The van der Waals surface area contributed by atoms with Gasteiger partial charge in [0.2, 0.25) is 0 Å². The maximum absolute atomic E-state index is 14.1. The van der Waals surface area contributed by atoms with Crippen LogP contribution in [-0.4, -0.2) is 19.6 Å². The molecule has 2 aromatic heterocycles. The van der Waals surface area contributed by atoms with E-state index in [1.54, 1.807) is 12.3 Å². The van der Waals surface area contributed by atoms with Gasteiger partial charge in [-0.15, -0.1) is 0 Å². The fourth-order valence-corrected chi connectivity index (χ4v) is 2.52. The highest BCUT2D eigenvalue weighted by Crippen LogP contribution is 2.42. The van der Waals surface area contributed by atoms with Crippen LogP contribution in [0.2, 0.25) is 0 Å². The minimum absolute atomic E-state index is 0.0952. The molecular formula is C15H12FN3O. The minimum Gasteiger partial charge on any atom is -0.507 e. The van der Waals surface area contributed by atoms with E-state index in [2.05, 4.69) is 9.97 Å². The highest BCUT2D eigenvalue weighted by atomic mass is 19.1. The molecule has 100 valence electrons. The summed E-state index contributed by atoms with van der Waals surface area (Å²) in [5, 5.41) is 9.98. The second kappa shape index (κ2) is 4.03. The topological polar surface area (TPSA) is 50.9 Å². The molecule has 0 saturated heterocycles. The van der Waals surface area contributed by atoms with Crippen molar-refractivity contribution in [2.24, 2.45) is 0 Å². The van der Waals surface area contributed by atoms with Crippen molar-refractivity contribution in [3.8, 4) is 17.1 Å². The highest BCUT2D eigenvalue weighted by molar-refractivity contribution is 5.79. The molecular weight excluding hydrogens is 257 g/mol. The van der Waals surface area contributed by atoms with E-state index in [0.717, 1.165) is 24.0 Å². The largest absolute Gasteiger partial charge is 0.507 e. The zero-order valence-electron chi connectivity index (χ0n) is 10.6. The van der Waals surface area contributed by atoms with Crippen LogP contribution in [0.3, 0.4) is 0 Å². The summed E-state index contributed by atoms with van der Waals surface area (Å²) < 4.78 is 16.0. The molecule has 1 saturated carbocycles. The first-order chi connectivity index (χ1) is 9.75. The summed E-state index contributed by atoms with van der Waals surface area (Å²) in [4.78, 5) is 8.81. The molecule has 1 aromatic carbocycles. The van der Waals surface area contributed by atoms with E-state index in [1.807, 2.05) is 10.6 Å². The lowest BCUT2D eigenvalue weighted by Crippen LogP contribution is -2.00. The van der Waals surface area contributed by atoms with Crippen molar-refractivity contribution in [3.05, 3.63) is 42.3 Å². The summed E-state index contributed by atoms with van der Waals surface area (Å²) in [6, 6.07) is 8.24. The van der Waals surface area contributed by atoms with E-state index >= 15 is 0 Å². The van der Waals surface area contributed by atoms with Crippen LogP contribution < -0.4 is 0 Å². The van der Waals surface area contributed by atoms with Crippen molar-refractivity contribution in [1.82, 2.24) is 14.5 Å². The number of aromatic hydroxyl groups is 1. The Hall–Kier alpha value is -2.43. The first-order valence-corrected chi connectivity index (χ1v) is 6.56. The summed E-state index contributed by atoms with van der Waals surface area (Å²) in [7, 11) is 0. The number of hydrogen-bond donors (Lipinski definition) is 1. The quantitative estimate of drug-likeness (QED) is 0.776. The molecule has 5 heteroatoms. The van der Waals surface area contributed by atoms with Gasteiger partial charge in [-0.1, -0.05) is 6.07 Å². The Bertz CT molecular complexity index is 788. The maximum Gasteiger partial charge on any atom is 0.160 e. The molecule has 1 aliphatic carbocycles. The van der Waals surface area contributed by atoms with Crippen LogP contribution >= 0.6 is 0 Å². The van der Waals surface area contributed by atoms with Crippen molar-refractivity contribution >= 4 is 11.2 Å². The maximum atomic E-state index is 14.1. The van der Waals surface area contributed by atoms with Crippen molar-refractivity contribution in [3.63, 3.8) is 0 Å². The number of phenolic OH excluding ortho intramolecular Hbond substituents is 1. The number of halogens is 1. The Morgan fingerprint density at radius 3 is 2.80 bits per heavy atom. The number of phenols is 1. The first-order valence-electron chi connectivity index (χ1n) is 6.56. The van der Waals surface area contributed by atoms with Crippen LogP contribution in [0.4, 0.5) is 4.39 Å². The van der Waals surface area contributed by atoms with Gasteiger partial charge in [-0.05, 0) is 37.1 Å². The molecule has 3 aromatic rings. The van der Waals surface area contributed by atoms with E-state index in [4.69, 9.17) is 0 Å². The molecule has 1 fully saturated rings. The predicted octanol–water partition coefficient (Wildman–Crippen LogP) is 3.28. The molecule has 1 aliphatic rings. The van der Waals surface area contributed by atoms with Gasteiger partial charge in [-0.3, -0.25) is 0 Å². The number of rotatable bonds is 2. The molecule has 0 radical (unpaired) electrons. The molecule has 0 aliphatic heterocycles. The lowest BCUT2D eigenvalue weighted by molar-refractivity contribution is 0.470. The standard InChI is InChI=1S/C15H12FN3O/c16-10-3-1-5-12(20)13(10)15-18-11-4-2-8-17-14(11)19(15)9-6-7-9/h1-5,8-9,20H,6-7H2. The third kappa shape index (κ3) is 1.59. The van der Waals surface area contributed by atoms with Gasteiger partial charge < -0.3 is 9.67 Å². The van der Waals surface area contributed by atoms with E-state index in [-0.39, 0.29) is 11.3 Å². The molecule has 4 nitrogen and oxygen atoms in total. The van der Waals surface area contributed by atoms with Crippen LogP contribution in [0, 0.1) is 5.82 Å². The highest BCUT2D eigenvalue weighted by Gasteiger charge is 2.31. The molecule has 0 spiro atoms. The third-order valence-corrected chi connectivity index (χ3v) is 3.58. The van der Waals surface area contributed by atoms with Crippen molar-refractivity contribution in [1.29, 1.82) is 0 Å². The normalized spacial score (nSPS) is 14.8. The number of pyridine rings is 1. The number of hydrogen-bond acceptors (Lipinski definition) is 3. The van der Waals surface area contributed by atoms with Crippen molar-refractivity contribution in [2.45, 2.75) is 18.9 Å². The Labute approximate surface area is 114 Å². The number of fused-ring (bicyclic) bond motifs is 1. The van der Waals surface area contributed by atoms with E-state index in [9.17, 15) is 9.50 Å². The summed E-state index contributed by atoms with van der Waals surface area (Å²) in [6.07, 6.45) is 3.77. The zero-order valence-corrected chi connectivity index (χ0v) is 10.6. The number of aromatic nitrogens is 3. The molecule has 4 rings (SSSR count). The molecule has 0 bridgehead atoms. The van der Waals surface area contributed by atoms with Crippen LogP contribution in [0.25, 0.3) is 22.6 Å². The van der Waals surface area contributed by atoms with Gasteiger partial charge >= 0.3 is 0 Å². The van der Waals surface area contributed by atoms with Crippen LogP contribution in [0.1, 0.15) is 18.9 Å². The Kier molecular flexibility index (Phi) is 2.30. The molecule has 0 amide bonds. The number of nitrogens with zero attached hydrogens (tertiary/aromatic N) is 3. The van der Waals surface area contributed by atoms with Gasteiger partial charge in [0.05, 0.1) is 5.56 Å². The second-order valence-electron chi connectivity index (χ2n) is 5.02.